The van der Waals surface area contributed by atoms with Gasteiger partial charge in [-0.3, -0.25) is 0 Å². The Morgan fingerprint density at radius 2 is 0.971 bits per heavy atom. The monoisotopic (exact) mass is 458 g/mol. The SMILES string of the molecule is [C-]#[N+]c1ccc(-c2ccc(OCCCCCOc3ccc(-c4ccc(C#N)cc4)cc3)cc2)cc1. The maximum Gasteiger partial charge on any atom is 0.187 e. The molecule has 35 heavy (non-hydrogen) atoms. The molecule has 0 aliphatic carbocycles. The van der Waals surface area contributed by atoms with Crippen LogP contribution in [0.2, 0.25) is 0 Å². The van der Waals surface area contributed by atoms with E-state index in [1.165, 1.54) is 0 Å². The number of nitrogens with zero attached hydrogens (tertiary/aromatic N) is 2. The lowest BCUT2D eigenvalue weighted by Gasteiger charge is -2.09. The third-order valence-electron chi connectivity index (χ3n) is 5.71. The minimum atomic E-state index is 0.650. The van der Waals surface area contributed by atoms with E-state index in [0.717, 1.165) is 53.0 Å². The van der Waals surface area contributed by atoms with Crippen LogP contribution in [0.4, 0.5) is 5.69 Å². The van der Waals surface area contributed by atoms with Crippen LogP contribution in [0.3, 0.4) is 0 Å². The molecule has 0 fully saturated rings. The number of nitriles is 1. The zero-order valence-electron chi connectivity index (χ0n) is 19.5. The minimum absolute atomic E-state index is 0.650. The maximum absolute atomic E-state index is 8.92. The summed E-state index contributed by atoms with van der Waals surface area (Å²) in [6.07, 6.45) is 2.98. The van der Waals surface area contributed by atoms with E-state index in [1.807, 2.05) is 97.1 Å². The van der Waals surface area contributed by atoms with Crippen molar-refractivity contribution in [2.75, 3.05) is 13.2 Å². The minimum Gasteiger partial charge on any atom is -0.494 e. The number of unbranched alkanes of at least 4 members (excludes halogenated alkanes) is 2. The van der Waals surface area contributed by atoms with Gasteiger partial charge in [-0.2, -0.15) is 5.26 Å². The molecule has 0 heterocycles. The summed E-state index contributed by atoms with van der Waals surface area (Å²) in [6.45, 7) is 8.40. The first-order chi connectivity index (χ1) is 17.2. The zero-order valence-corrected chi connectivity index (χ0v) is 19.5. The first-order valence-electron chi connectivity index (χ1n) is 11.7. The smallest absolute Gasteiger partial charge is 0.187 e. The molecule has 0 saturated heterocycles. The van der Waals surface area contributed by atoms with Crippen LogP contribution in [0, 0.1) is 17.9 Å². The van der Waals surface area contributed by atoms with Gasteiger partial charge in [-0.25, -0.2) is 4.85 Å². The largest absolute Gasteiger partial charge is 0.494 e. The van der Waals surface area contributed by atoms with Gasteiger partial charge in [0, 0.05) is 0 Å². The lowest BCUT2D eigenvalue weighted by molar-refractivity contribution is 0.279. The van der Waals surface area contributed by atoms with Crippen molar-refractivity contribution in [2.24, 2.45) is 0 Å². The van der Waals surface area contributed by atoms with Gasteiger partial charge < -0.3 is 9.47 Å². The van der Waals surface area contributed by atoms with Crippen LogP contribution in [0.1, 0.15) is 24.8 Å². The van der Waals surface area contributed by atoms with E-state index >= 15 is 0 Å². The molecule has 0 radical (unpaired) electrons. The van der Waals surface area contributed by atoms with Crippen molar-refractivity contribution in [3.8, 4) is 39.8 Å². The van der Waals surface area contributed by atoms with E-state index < -0.39 is 0 Å². The van der Waals surface area contributed by atoms with E-state index in [9.17, 15) is 0 Å². The summed E-state index contributed by atoms with van der Waals surface area (Å²) in [5.74, 6) is 1.73. The molecule has 0 unspecified atom stereocenters. The Kier molecular flexibility index (Phi) is 8.14. The summed E-state index contributed by atoms with van der Waals surface area (Å²) in [4.78, 5) is 3.43. The number of rotatable bonds is 10. The summed E-state index contributed by atoms with van der Waals surface area (Å²) < 4.78 is 11.7. The van der Waals surface area contributed by atoms with Crippen LogP contribution in [0.5, 0.6) is 11.5 Å². The molecule has 0 saturated carbocycles. The first-order valence-corrected chi connectivity index (χ1v) is 11.7. The predicted molar refractivity (Wildman–Crippen MR) is 140 cm³/mol. The van der Waals surface area contributed by atoms with Crippen molar-refractivity contribution in [1.29, 1.82) is 5.26 Å². The Labute approximate surface area is 206 Å². The Morgan fingerprint density at radius 3 is 1.37 bits per heavy atom. The molecule has 4 aromatic rings. The van der Waals surface area contributed by atoms with Crippen LogP contribution in [0.15, 0.2) is 97.1 Å². The standard InChI is InChI=1S/C31H26N2O2/c1-33-29-15-9-26(10-16-29)28-13-19-31(20-14-28)35-22-4-2-3-21-34-30-17-11-27(12-18-30)25-7-5-24(23-32)6-8-25/h5-20H,2-4,21-22H2. The van der Waals surface area contributed by atoms with Crippen LogP contribution in [-0.4, -0.2) is 13.2 Å². The molecule has 0 N–H and O–H groups in total. The molecule has 4 aromatic carbocycles. The van der Waals surface area contributed by atoms with Gasteiger partial charge in [-0.15, -0.1) is 0 Å². The fourth-order valence-corrected chi connectivity index (χ4v) is 3.71. The van der Waals surface area contributed by atoms with Gasteiger partial charge in [0.05, 0.1) is 31.4 Å². The summed E-state index contributed by atoms with van der Waals surface area (Å²) in [6, 6.07) is 33.4. The molecule has 0 atom stereocenters. The van der Waals surface area contributed by atoms with Crippen LogP contribution < -0.4 is 9.47 Å². The third-order valence-corrected chi connectivity index (χ3v) is 5.71. The Morgan fingerprint density at radius 1 is 0.571 bits per heavy atom. The molecule has 4 heteroatoms. The van der Waals surface area contributed by atoms with Crippen molar-refractivity contribution in [3.63, 3.8) is 0 Å². The van der Waals surface area contributed by atoms with E-state index in [2.05, 4.69) is 10.9 Å². The van der Waals surface area contributed by atoms with Crippen molar-refractivity contribution < 1.29 is 9.47 Å². The average molecular weight is 459 g/mol. The lowest BCUT2D eigenvalue weighted by Crippen LogP contribution is -2.01. The van der Waals surface area contributed by atoms with Gasteiger partial charge in [0.25, 0.3) is 0 Å². The molecular formula is C31H26N2O2. The normalized spacial score (nSPS) is 10.2. The second kappa shape index (κ2) is 12.1. The molecule has 0 aliphatic rings. The predicted octanol–water partition coefficient (Wildman–Crippen LogP) is 8.07. The molecule has 0 aromatic heterocycles. The highest BCUT2D eigenvalue weighted by molar-refractivity contribution is 5.67. The summed E-state index contributed by atoms with van der Waals surface area (Å²) >= 11 is 0. The summed E-state index contributed by atoms with van der Waals surface area (Å²) in [5.41, 5.74) is 5.70. The Hall–Kier alpha value is -4.54. The molecule has 4 nitrogen and oxygen atoms in total. The number of ether oxygens (including phenoxy) is 2. The van der Waals surface area contributed by atoms with Gasteiger partial charge >= 0.3 is 0 Å². The van der Waals surface area contributed by atoms with Crippen LogP contribution >= 0.6 is 0 Å². The van der Waals surface area contributed by atoms with Gasteiger partial charge in [0.15, 0.2) is 5.69 Å². The highest BCUT2D eigenvalue weighted by atomic mass is 16.5. The van der Waals surface area contributed by atoms with Crippen molar-refractivity contribution in [3.05, 3.63) is 114 Å². The number of hydrogen-bond acceptors (Lipinski definition) is 3. The molecule has 0 aliphatic heterocycles. The van der Waals surface area contributed by atoms with Crippen molar-refractivity contribution in [1.82, 2.24) is 0 Å². The van der Waals surface area contributed by atoms with Gasteiger partial charge in [0.2, 0.25) is 0 Å². The van der Waals surface area contributed by atoms with E-state index in [0.29, 0.717) is 24.5 Å². The molecule has 0 spiro atoms. The van der Waals surface area contributed by atoms with Gasteiger partial charge in [-0.1, -0.05) is 60.7 Å². The Balaban J connectivity index is 1.13. The molecule has 0 bridgehead atoms. The summed E-state index contributed by atoms with van der Waals surface area (Å²) in [7, 11) is 0. The number of benzene rings is 4. The third kappa shape index (κ3) is 6.73. The Bertz CT molecular complexity index is 1190. The van der Waals surface area contributed by atoms with Crippen LogP contribution in [-0.2, 0) is 0 Å². The highest BCUT2D eigenvalue weighted by Crippen LogP contribution is 2.25. The van der Waals surface area contributed by atoms with Gasteiger partial charge in [-0.05, 0) is 77.9 Å². The second-order valence-corrected chi connectivity index (χ2v) is 8.15. The lowest BCUT2D eigenvalue weighted by atomic mass is 10.0. The first kappa shape index (κ1) is 23.6. The molecule has 4 rings (SSSR count). The fraction of sp³-hybridized carbons (Fsp3) is 0.161. The molecule has 172 valence electrons. The molecule has 0 amide bonds. The second-order valence-electron chi connectivity index (χ2n) is 8.15. The fourth-order valence-electron chi connectivity index (χ4n) is 3.71. The van der Waals surface area contributed by atoms with Gasteiger partial charge in [0.1, 0.15) is 11.5 Å². The van der Waals surface area contributed by atoms with Crippen molar-refractivity contribution in [2.45, 2.75) is 19.3 Å². The number of hydrogen-bond donors (Lipinski definition) is 0. The quantitative estimate of drug-likeness (QED) is 0.178. The van der Waals surface area contributed by atoms with E-state index in [-0.39, 0.29) is 0 Å². The zero-order chi connectivity index (χ0) is 24.3. The van der Waals surface area contributed by atoms with E-state index in [1.54, 1.807) is 0 Å². The highest BCUT2D eigenvalue weighted by Gasteiger charge is 2.02. The average Bonchev–Trinajstić information content (AvgIpc) is 2.93. The van der Waals surface area contributed by atoms with E-state index in [4.69, 9.17) is 21.3 Å². The topological polar surface area (TPSA) is 46.6 Å². The summed E-state index contributed by atoms with van der Waals surface area (Å²) in [5, 5.41) is 8.92. The van der Waals surface area contributed by atoms with Crippen LogP contribution in [0.25, 0.3) is 27.1 Å². The maximum atomic E-state index is 8.92. The van der Waals surface area contributed by atoms with Crippen molar-refractivity contribution >= 4 is 5.69 Å². The molecular weight excluding hydrogens is 432 g/mol.